The number of alkyl halides is 3. The van der Waals surface area contributed by atoms with E-state index in [-0.39, 0.29) is 12.5 Å². The molecular formula is C14H22F3N. The summed E-state index contributed by atoms with van der Waals surface area (Å²) in [4.78, 5) is 0. The van der Waals surface area contributed by atoms with Crippen LogP contribution in [-0.2, 0) is 0 Å². The van der Waals surface area contributed by atoms with Crippen LogP contribution in [0.2, 0.25) is 0 Å². The Morgan fingerprint density at radius 2 is 1.83 bits per heavy atom. The highest BCUT2D eigenvalue weighted by molar-refractivity contribution is 4.93. The first-order chi connectivity index (χ1) is 8.52. The third-order valence-corrected chi connectivity index (χ3v) is 5.43. The molecule has 0 amide bonds. The minimum atomic E-state index is -3.99. The van der Waals surface area contributed by atoms with Gasteiger partial charge >= 0.3 is 6.18 Å². The van der Waals surface area contributed by atoms with Gasteiger partial charge in [0.2, 0.25) is 0 Å². The van der Waals surface area contributed by atoms with Crippen LogP contribution in [0.3, 0.4) is 0 Å². The molecule has 4 heteroatoms. The molecule has 0 aromatic carbocycles. The second kappa shape index (κ2) is 4.69. The van der Waals surface area contributed by atoms with E-state index in [4.69, 9.17) is 0 Å². The molecule has 2 aliphatic carbocycles. The minimum Gasteiger partial charge on any atom is -0.314 e. The van der Waals surface area contributed by atoms with Crippen LogP contribution in [0.25, 0.3) is 0 Å². The van der Waals surface area contributed by atoms with Gasteiger partial charge in [0.1, 0.15) is 0 Å². The van der Waals surface area contributed by atoms with E-state index in [1.165, 1.54) is 25.7 Å². The van der Waals surface area contributed by atoms with Crippen molar-refractivity contribution >= 4 is 0 Å². The molecule has 0 aromatic heterocycles. The van der Waals surface area contributed by atoms with E-state index < -0.39 is 12.1 Å². The highest BCUT2D eigenvalue weighted by atomic mass is 19.4. The Kier molecular flexibility index (Phi) is 3.33. The topological polar surface area (TPSA) is 12.0 Å². The fourth-order valence-electron chi connectivity index (χ4n) is 4.51. The van der Waals surface area contributed by atoms with Gasteiger partial charge in [-0.05, 0) is 62.8 Å². The molecule has 0 radical (unpaired) electrons. The number of piperidine rings is 1. The largest absolute Gasteiger partial charge is 0.391 e. The van der Waals surface area contributed by atoms with E-state index >= 15 is 0 Å². The van der Waals surface area contributed by atoms with E-state index in [0.717, 1.165) is 18.3 Å². The molecule has 5 unspecified atom stereocenters. The summed E-state index contributed by atoms with van der Waals surface area (Å²) >= 11 is 0. The quantitative estimate of drug-likeness (QED) is 0.798. The Labute approximate surface area is 107 Å². The second-order valence-electron chi connectivity index (χ2n) is 6.58. The Balaban J connectivity index is 1.54. The molecule has 3 aliphatic rings. The summed E-state index contributed by atoms with van der Waals surface area (Å²) in [6.07, 6.45) is 2.87. The maximum absolute atomic E-state index is 12.8. The number of fused-ring (bicyclic) bond motifs is 2. The van der Waals surface area contributed by atoms with Crippen molar-refractivity contribution in [3.05, 3.63) is 0 Å². The summed E-state index contributed by atoms with van der Waals surface area (Å²) in [6, 6.07) is 0.106. The van der Waals surface area contributed by atoms with Gasteiger partial charge in [0.05, 0.1) is 5.92 Å². The van der Waals surface area contributed by atoms with Crippen LogP contribution < -0.4 is 5.32 Å². The Morgan fingerprint density at radius 1 is 1.00 bits per heavy atom. The van der Waals surface area contributed by atoms with Crippen molar-refractivity contribution < 1.29 is 13.2 Å². The summed E-state index contributed by atoms with van der Waals surface area (Å²) in [7, 11) is 0. The van der Waals surface area contributed by atoms with Gasteiger partial charge < -0.3 is 5.32 Å². The monoisotopic (exact) mass is 261 g/mol. The van der Waals surface area contributed by atoms with Crippen LogP contribution in [0.4, 0.5) is 13.2 Å². The van der Waals surface area contributed by atoms with Gasteiger partial charge in [0.15, 0.2) is 0 Å². The smallest absolute Gasteiger partial charge is 0.314 e. The standard InChI is InChI=1S/C14H22F3N/c15-14(16,17)12-3-4-18-13(8-12)7-11-6-9-1-2-10(11)5-9/h9-13,18H,1-8H2. The van der Waals surface area contributed by atoms with Crippen LogP contribution in [0.5, 0.6) is 0 Å². The van der Waals surface area contributed by atoms with E-state index in [9.17, 15) is 13.2 Å². The van der Waals surface area contributed by atoms with Gasteiger partial charge in [-0.2, -0.15) is 13.2 Å². The lowest BCUT2D eigenvalue weighted by atomic mass is 9.80. The highest BCUT2D eigenvalue weighted by Crippen LogP contribution is 2.50. The van der Waals surface area contributed by atoms with Crippen molar-refractivity contribution in [1.82, 2.24) is 5.32 Å². The van der Waals surface area contributed by atoms with Gasteiger partial charge in [-0.3, -0.25) is 0 Å². The molecule has 3 rings (SSSR count). The Bertz CT molecular complexity index is 302. The first-order valence-corrected chi connectivity index (χ1v) is 7.32. The number of hydrogen-bond donors (Lipinski definition) is 1. The molecule has 0 spiro atoms. The molecule has 1 nitrogen and oxygen atoms in total. The molecule has 104 valence electrons. The van der Waals surface area contributed by atoms with E-state index in [0.29, 0.717) is 18.9 Å². The first kappa shape index (κ1) is 12.8. The lowest BCUT2D eigenvalue weighted by Crippen LogP contribution is -2.44. The van der Waals surface area contributed by atoms with Gasteiger partial charge in [-0.1, -0.05) is 6.42 Å². The third kappa shape index (κ3) is 2.54. The van der Waals surface area contributed by atoms with Crippen molar-refractivity contribution in [2.75, 3.05) is 6.54 Å². The summed E-state index contributed by atoms with van der Waals surface area (Å²) in [5.41, 5.74) is 0. The minimum absolute atomic E-state index is 0.106. The molecule has 0 aromatic rings. The van der Waals surface area contributed by atoms with Gasteiger partial charge in [-0.25, -0.2) is 0 Å². The Morgan fingerprint density at radius 3 is 2.44 bits per heavy atom. The molecule has 2 bridgehead atoms. The van der Waals surface area contributed by atoms with Gasteiger partial charge in [0, 0.05) is 6.04 Å². The van der Waals surface area contributed by atoms with Crippen molar-refractivity contribution in [2.24, 2.45) is 23.7 Å². The van der Waals surface area contributed by atoms with Crippen LogP contribution in [0.15, 0.2) is 0 Å². The second-order valence-corrected chi connectivity index (χ2v) is 6.58. The zero-order valence-electron chi connectivity index (χ0n) is 10.7. The van der Waals surface area contributed by atoms with Gasteiger partial charge in [-0.15, -0.1) is 0 Å². The SMILES string of the molecule is FC(F)(F)C1CCNC(CC2CC3CCC2C3)C1. The normalized spacial score (nSPS) is 44.5. The van der Waals surface area contributed by atoms with E-state index in [2.05, 4.69) is 5.32 Å². The zero-order valence-corrected chi connectivity index (χ0v) is 10.7. The maximum atomic E-state index is 12.8. The average Bonchev–Trinajstić information content (AvgIpc) is 2.90. The van der Waals surface area contributed by atoms with E-state index in [1.807, 2.05) is 0 Å². The summed E-state index contributed by atoms with van der Waals surface area (Å²) in [5.74, 6) is 1.35. The average molecular weight is 261 g/mol. The number of halogens is 3. The molecule has 3 fully saturated rings. The summed E-state index contributed by atoms with van der Waals surface area (Å²) in [5, 5.41) is 3.31. The molecule has 1 aliphatic heterocycles. The fraction of sp³-hybridized carbons (Fsp3) is 1.00. The predicted octanol–water partition coefficient (Wildman–Crippen LogP) is 3.74. The van der Waals surface area contributed by atoms with Crippen LogP contribution in [-0.4, -0.2) is 18.8 Å². The highest BCUT2D eigenvalue weighted by Gasteiger charge is 2.44. The predicted molar refractivity (Wildman–Crippen MR) is 64.1 cm³/mol. The molecule has 1 N–H and O–H groups in total. The lowest BCUT2D eigenvalue weighted by Gasteiger charge is -2.34. The van der Waals surface area contributed by atoms with Crippen LogP contribution >= 0.6 is 0 Å². The third-order valence-electron chi connectivity index (χ3n) is 5.43. The summed E-state index contributed by atoms with van der Waals surface area (Å²) in [6.45, 7) is 0.537. The molecule has 1 heterocycles. The van der Waals surface area contributed by atoms with Crippen LogP contribution in [0, 0.1) is 23.7 Å². The molecule has 2 saturated carbocycles. The Hall–Kier alpha value is -0.250. The maximum Gasteiger partial charge on any atom is 0.391 e. The van der Waals surface area contributed by atoms with Crippen molar-refractivity contribution in [3.63, 3.8) is 0 Å². The zero-order chi connectivity index (χ0) is 12.8. The number of rotatable bonds is 2. The molecule has 1 saturated heterocycles. The summed E-state index contributed by atoms with van der Waals surface area (Å²) < 4.78 is 38.3. The first-order valence-electron chi connectivity index (χ1n) is 7.32. The van der Waals surface area contributed by atoms with Crippen LogP contribution in [0.1, 0.15) is 44.9 Å². The number of hydrogen-bond acceptors (Lipinski definition) is 1. The van der Waals surface area contributed by atoms with E-state index in [1.54, 1.807) is 0 Å². The fourth-order valence-corrected chi connectivity index (χ4v) is 4.51. The molecule has 18 heavy (non-hydrogen) atoms. The van der Waals surface area contributed by atoms with Crippen molar-refractivity contribution in [1.29, 1.82) is 0 Å². The molecule has 5 atom stereocenters. The lowest BCUT2D eigenvalue weighted by molar-refractivity contribution is -0.183. The van der Waals surface area contributed by atoms with Gasteiger partial charge in [0.25, 0.3) is 0 Å². The van der Waals surface area contributed by atoms with Crippen molar-refractivity contribution in [3.8, 4) is 0 Å². The van der Waals surface area contributed by atoms with Crippen molar-refractivity contribution in [2.45, 2.75) is 57.2 Å². The number of nitrogens with one attached hydrogen (secondary N) is 1. The molecular weight excluding hydrogens is 239 g/mol.